The second-order valence-electron chi connectivity index (χ2n) is 13.5. The van der Waals surface area contributed by atoms with E-state index in [1.807, 2.05) is 13.8 Å². The molecule has 2 aromatic rings. The van der Waals surface area contributed by atoms with Gasteiger partial charge in [0.2, 0.25) is 0 Å². The van der Waals surface area contributed by atoms with Gasteiger partial charge < -0.3 is 29.1 Å². The Hall–Kier alpha value is -2.86. The fourth-order valence-corrected chi connectivity index (χ4v) is 7.66. The van der Waals surface area contributed by atoms with Crippen molar-refractivity contribution in [2.24, 2.45) is 11.8 Å². The van der Waals surface area contributed by atoms with Crippen LogP contribution in [0.2, 0.25) is 0 Å². The van der Waals surface area contributed by atoms with E-state index >= 15 is 0 Å². The molecule has 0 spiro atoms. The largest absolute Gasteiger partial charge is 0.497 e. The van der Waals surface area contributed by atoms with Crippen LogP contribution in [-0.2, 0) is 14.8 Å². The fourth-order valence-electron chi connectivity index (χ4n) is 6.61. The Kier molecular flexibility index (Phi) is 13.8. The van der Waals surface area contributed by atoms with Crippen molar-refractivity contribution in [1.82, 2.24) is 9.80 Å². The number of fused-ring (bicyclic) bond motifs is 1. The van der Waals surface area contributed by atoms with E-state index in [0.717, 1.165) is 32.4 Å². The summed E-state index contributed by atoms with van der Waals surface area (Å²) >= 11 is 0. The number of amides is 1. The highest BCUT2D eigenvalue weighted by molar-refractivity contribution is 7.92. The zero-order valence-corrected chi connectivity index (χ0v) is 29.6. The van der Waals surface area contributed by atoms with Gasteiger partial charge in [0.25, 0.3) is 15.9 Å². The summed E-state index contributed by atoms with van der Waals surface area (Å²) in [6.07, 6.45) is 8.82. The average Bonchev–Trinajstić information content (AvgIpc) is 3.06. The van der Waals surface area contributed by atoms with Crippen molar-refractivity contribution >= 4 is 21.6 Å². The number of nitrogens with zero attached hydrogens (tertiary/aromatic N) is 2. The summed E-state index contributed by atoms with van der Waals surface area (Å²) in [5, 5.41) is 10.3. The maximum absolute atomic E-state index is 14.4. The Morgan fingerprint density at radius 1 is 1.02 bits per heavy atom. The van der Waals surface area contributed by atoms with Gasteiger partial charge in [0.05, 0.1) is 42.4 Å². The summed E-state index contributed by atoms with van der Waals surface area (Å²) in [6, 6.07) is 10.4. The highest BCUT2D eigenvalue weighted by atomic mass is 32.2. The summed E-state index contributed by atoms with van der Waals surface area (Å²) < 4.78 is 47.1. The number of rotatable bonds is 10. The molecule has 1 saturated carbocycles. The van der Waals surface area contributed by atoms with Crippen LogP contribution >= 0.6 is 0 Å². The molecule has 1 aliphatic heterocycles. The van der Waals surface area contributed by atoms with Gasteiger partial charge in [-0.1, -0.05) is 26.2 Å². The molecule has 2 aliphatic rings. The van der Waals surface area contributed by atoms with Crippen LogP contribution in [0.1, 0.15) is 82.5 Å². The van der Waals surface area contributed by atoms with E-state index < -0.39 is 16.1 Å². The minimum Gasteiger partial charge on any atom is -0.497 e. The third kappa shape index (κ3) is 10.6. The minimum absolute atomic E-state index is 0.0234. The number of carbonyl (C=O) groups is 1. The average molecular weight is 674 g/mol. The van der Waals surface area contributed by atoms with E-state index in [1.165, 1.54) is 57.4 Å². The Balaban J connectivity index is 1.61. The third-order valence-electron chi connectivity index (χ3n) is 9.46. The lowest BCUT2D eigenvalue weighted by molar-refractivity contribution is -0.0190. The van der Waals surface area contributed by atoms with Crippen molar-refractivity contribution < 1.29 is 32.5 Å². The minimum atomic E-state index is -3.95. The number of aliphatic hydroxyl groups is 1. The highest BCUT2D eigenvalue weighted by Gasteiger charge is 2.31. The van der Waals surface area contributed by atoms with Gasteiger partial charge in [-0.05, 0) is 101 Å². The Morgan fingerprint density at radius 3 is 2.40 bits per heavy atom. The predicted octanol–water partition coefficient (Wildman–Crippen LogP) is 5.80. The van der Waals surface area contributed by atoms with Crippen LogP contribution < -0.4 is 14.2 Å². The number of likely N-dealkylation sites (N-methyl/N-ethyl adjacent to an activating group) is 1. The van der Waals surface area contributed by atoms with Crippen molar-refractivity contribution in [3.63, 3.8) is 0 Å². The first kappa shape index (κ1) is 37.0. The molecular weight excluding hydrogens is 618 g/mol. The lowest BCUT2D eigenvalue weighted by atomic mass is 9.89. The lowest BCUT2D eigenvalue weighted by Gasteiger charge is -2.36. The van der Waals surface area contributed by atoms with Gasteiger partial charge in [-0.25, -0.2) is 8.42 Å². The summed E-state index contributed by atoms with van der Waals surface area (Å²) in [4.78, 5) is 18.5. The molecule has 11 heteroatoms. The van der Waals surface area contributed by atoms with Crippen LogP contribution in [0.15, 0.2) is 47.4 Å². The molecular formula is C36H55N3O7S. The van der Waals surface area contributed by atoms with E-state index in [9.17, 15) is 18.3 Å². The molecule has 0 radical (unpaired) electrons. The lowest BCUT2D eigenvalue weighted by Crippen LogP contribution is -2.47. The number of methoxy groups -OCH3 is 1. The summed E-state index contributed by atoms with van der Waals surface area (Å²) in [7, 11) is -0.266. The fraction of sp³-hybridized carbons (Fsp3) is 0.639. The van der Waals surface area contributed by atoms with Gasteiger partial charge in [0.15, 0.2) is 0 Å². The molecule has 1 heterocycles. The zero-order chi connectivity index (χ0) is 34.0. The number of ether oxygens (including phenoxy) is 3. The number of hydrogen-bond donors (Lipinski definition) is 2. The zero-order valence-electron chi connectivity index (χ0n) is 28.8. The Bertz CT molecular complexity index is 1380. The molecule has 4 atom stereocenters. The van der Waals surface area contributed by atoms with Gasteiger partial charge in [-0.2, -0.15) is 0 Å². The van der Waals surface area contributed by atoms with Crippen molar-refractivity contribution in [3.05, 3.63) is 48.0 Å². The van der Waals surface area contributed by atoms with Crippen LogP contribution in [0.25, 0.3) is 0 Å². The summed E-state index contributed by atoms with van der Waals surface area (Å²) in [5.41, 5.74) is 0.476. The molecule has 0 bridgehead atoms. The second kappa shape index (κ2) is 17.5. The Labute approximate surface area is 281 Å². The highest BCUT2D eigenvalue weighted by Crippen LogP contribution is 2.30. The molecule has 0 aromatic heterocycles. The molecule has 1 fully saturated rings. The van der Waals surface area contributed by atoms with E-state index in [0.29, 0.717) is 30.6 Å². The molecule has 4 rings (SSSR count). The molecule has 1 aliphatic carbocycles. The van der Waals surface area contributed by atoms with Crippen LogP contribution in [0.3, 0.4) is 0 Å². The number of hydrogen-bond acceptors (Lipinski definition) is 8. The summed E-state index contributed by atoms with van der Waals surface area (Å²) in [5.74, 6) is 1.28. The number of aliphatic hydroxyl groups excluding tert-OH is 1. The van der Waals surface area contributed by atoms with Gasteiger partial charge in [-0.15, -0.1) is 0 Å². The predicted molar refractivity (Wildman–Crippen MR) is 185 cm³/mol. The van der Waals surface area contributed by atoms with Crippen molar-refractivity contribution in [2.75, 3.05) is 51.7 Å². The molecule has 262 valence electrons. The van der Waals surface area contributed by atoms with E-state index in [4.69, 9.17) is 14.2 Å². The van der Waals surface area contributed by atoms with Gasteiger partial charge in [-0.3, -0.25) is 9.52 Å². The van der Waals surface area contributed by atoms with Crippen LogP contribution in [0.4, 0.5) is 5.69 Å². The first-order valence-electron chi connectivity index (χ1n) is 17.2. The van der Waals surface area contributed by atoms with Crippen LogP contribution in [-0.4, -0.2) is 94.5 Å². The molecule has 0 saturated heterocycles. The number of sulfonamides is 1. The number of anilines is 1. The van der Waals surface area contributed by atoms with Gasteiger partial charge >= 0.3 is 0 Å². The van der Waals surface area contributed by atoms with Crippen molar-refractivity contribution in [3.8, 4) is 11.5 Å². The van der Waals surface area contributed by atoms with Crippen molar-refractivity contribution in [2.45, 2.75) is 95.3 Å². The number of nitrogens with one attached hydrogen (secondary N) is 1. The first-order valence-corrected chi connectivity index (χ1v) is 18.7. The van der Waals surface area contributed by atoms with E-state index in [-0.39, 0.29) is 46.8 Å². The first-order chi connectivity index (χ1) is 22.5. The van der Waals surface area contributed by atoms with Gasteiger partial charge in [0, 0.05) is 37.8 Å². The third-order valence-corrected chi connectivity index (χ3v) is 10.9. The van der Waals surface area contributed by atoms with Crippen LogP contribution in [0, 0.1) is 11.8 Å². The normalized spacial score (nSPS) is 23.0. The van der Waals surface area contributed by atoms with E-state index in [1.54, 1.807) is 29.2 Å². The van der Waals surface area contributed by atoms with Crippen molar-refractivity contribution in [1.29, 1.82) is 0 Å². The number of carbonyl (C=O) groups excluding carboxylic acids is 1. The molecule has 0 unspecified atom stereocenters. The smallest absolute Gasteiger partial charge is 0.261 e. The topological polar surface area (TPSA) is 118 Å². The SMILES string of the molecule is COc1ccc(S(=O)(=O)Nc2ccc3c(c2)C(=O)N([C@@H](C)CO)C[C@H](C)[C@H](CN(C)CC2CCCCC2)OCCCC[C@@H](C)O3)cc1. The molecule has 47 heavy (non-hydrogen) atoms. The summed E-state index contributed by atoms with van der Waals surface area (Å²) in [6.45, 7) is 8.48. The second-order valence-corrected chi connectivity index (χ2v) is 15.2. The maximum Gasteiger partial charge on any atom is 0.261 e. The van der Waals surface area contributed by atoms with Gasteiger partial charge in [0.1, 0.15) is 11.5 Å². The maximum atomic E-state index is 14.4. The monoisotopic (exact) mass is 673 g/mol. The number of benzene rings is 2. The quantitative estimate of drug-likeness (QED) is 0.325. The van der Waals surface area contributed by atoms with Crippen LogP contribution in [0.5, 0.6) is 11.5 Å². The molecule has 10 nitrogen and oxygen atoms in total. The molecule has 2 N–H and O–H groups in total. The van der Waals surface area contributed by atoms with E-state index in [2.05, 4.69) is 23.6 Å². The Morgan fingerprint density at radius 2 is 1.72 bits per heavy atom. The molecule has 1 amide bonds. The molecule has 2 aromatic carbocycles. The standard InChI is InChI=1S/C36H55N3O7S/c1-26-22-39(27(2)25-40)36(41)33-21-30(37-47(42,43)32-17-15-31(44-5)16-18-32)14-19-34(33)46-28(3)11-9-10-20-45-35(26)24-38(4)23-29-12-7-6-8-13-29/h14-19,21,26-29,35,37,40H,6-13,20,22-25H2,1-5H3/t26-,27-,28+,35-/m0/s1.